The lowest BCUT2D eigenvalue weighted by molar-refractivity contribution is 0.102. The number of anilines is 1. The molecule has 9 heteroatoms. The summed E-state index contributed by atoms with van der Waals surface area (Å²) in [6.07, 6.45) is 1.08. The highest BCUT2D eigenvalue weighted by Gasteiger charge is 2.18. The van der Waals surface area contributed by atoms with E-state index in [2.05, 4.69) is 40.9 Å². The van der Waals surface area contributed by atoms with Gasteiger partial charge in [0.05, 0.1) is 17.7 Å². The van der Waals surface area contributed by atoms with Crippen LogP contribution < -0.4 is 4.72 Å². The van der Waals surface area contributed by atoms with Crippen LogP contribution in [-0.2, 0) is 10.0 Å². The molecule has 174 valence electrons. The molecule has 0 aliphatic heterocycles. The molecule has 0 radical (unpaired) electrons. The number of carbonyl (C=O) groups excluding carboxylic acids is 1. The number of Topliss-reactive ketones (excluding diaryl/α,β-unsaturated/α-hetero) is 1. The van der Waals surface area contributed by atoms with Crippen molar-refractivity contribution in [3.63, 3.8) is 0 Å². The predicted octanol–water partition coefficient (Wildman–Crippen LogP) is 4.90. The van der Waals surface area contributed by atoms with E-state index in [1.807, 2.05) is 41.0 Å². The van der Waals surface area contributed by atoms with Gasteiger partial charge in [-0.3, -0.25) is 14.1 Å². The molecule has 7 nitrogen and oxygen atoms in total. The average molecular weight is 493 g/mol. The number of hydrogen-bond acceptors (Lipinski definition) is 6. The lowest BCUT2D eigenvalue weighted by Gasteiger charge is -2.12. The maximum atomic E-state index is 12.8. The quantitative estimate of drug-likeness (QED) is 0.278. The molecule has 0 unspecified atom stereocenters. The van der Waals surface area contributed by atoms with Crippen LogP contribution in [-0.4, -0.2) is 41.0 Å². The number of ketones is 1. The lowest BCUT2D eigenvalue weighted by Crippen LogP contribution is -2.10. The highest BCUT2D eigenvalue weighted by molar-refractivity contribution is 7.99. The third-order valence-corrected chi connectivity index (χ3v) is 6.79. The highest BCUT2D eigenvalue weighted by Crippen LogP contribution is 2.29. The summed E-state index contributed by atoms with van der Waals surface area (Å²) in [4.78, 5) is 12.8. The molecule has 1 aromatic heterocycles. The van der Waals surface area contributed by atoms with Crippen LogP contribution in [0.15, 0.2) is 78.0 Å². The van der Waals surface area contributed by atoms with Crippen LogP contribution in [0, 0.1) is 13.8 Å². The Morgan fingerprint density at radius 1 is 0.941 bits per heavy atom. The minimum atomic E-state index is -3.37. The van der Waals surface area contributed by atoms with Crippen molar-refractivity contribution in [2.75, 3.05) is 16.7 Å². The van der Waals surface area contributed by atoms with Gasteiger partial charge in [-0.1, -0.05) is 48.2 Å². The van der Waals surface area contributed by atoms with Crippen molar-refractivity contribution < 1.29 is 13.2 Å². The van der Waals surface area contributed by atoms with Crippen molar-refractivity contribution in [3.05, 3.63) is 89.5 Å². The summed E-state index contributed by atoms with van der Waals surface area (Å²) in [7, 11) is -3.37. The first-order valence-electron chi connectivity index (χ1n) is 10.5. The number of aryl methyl sites for hydroxylation is 2. The van der Waals surface area contributed by atoms with Crippen molar-refractivity contribution in [1.82, 2.24) is 14.8 Å². The minimum absolute atomic E-state index is 0.0909. The van der Waals surface area contributed by atoms with Crippen LogP contribution >= 0.6 is 11.8 Å². The number of nitrogens with one attached hydrogen (secondary N) is 1. The van der Waals surface area contributed by atoms with Gasteiger partial charge in [-0.05, 0) is 61.4 Å². The monoisotopic (exact) mass is 492 g/mol. The fraction of sp³-hybridized carbons (Fsp3) is 0.160. The van der Waals surface area contributed by atoms with Crippen molar-refractivity contribution in [2.45, 2.75) is 19.0 Å². The maximum absolute atomic E-state index is 12.8. The topological polar surface area (TPSA) is 94.0 Å². The van der Waals surface area contributed by atoms with E-state index in [1.54, 1.807) is 24.3 Å². The Morgan fingerprint density at radius 3 is 2.29 bits per heavy atom. The third kappa shape index (κ3) is 5.55. The summed E-state index contributed by atoms with van der Waals surface area (Å²) >= 11 is 1.31. The van der Waals surface area contributed by atoms with Crippen LogP contribution in [0.2, 0.25) is 0 Å². The van der Waals surface area contributed by atoms with Gasteiger partial charge in [0.1, 0.15) is 0 Å². The van der Waals surface area contributed by atoms with Crippen LogP contribution in [0.25, 0.3) is 17.1 Å². The smallest absolute Gasteiger partial charge is 0.229 e. The second kappa shape index (κ2) is 9.82. The summed E-state index contributed by atoms with van der Waals surface area (Å²) in [5, 5.41) is 9.43. The predicted molar refractivity (Wildman–Crippen MR) is 136 cm³/mol. The van der Waals surface area contributed by atoms with Gasteiger partial charge in [-0.25, -0.2) is 8.42 Å². The molecule has 0 fully saturated rings. The Kier molecular flexibility index (Phi) is 6.85. The Bertz CT molecular complexity index is 1430. The number of sulfonamides is 1. The number of nitrogens with zero attached hydrogens (tertiary/aromatic N) is 3. The summed E-state index contributed by atoms with van der Waals surface area (Å²) < 4.78 is 27.1. The van der Waals surface area contributed by atoms with Crippen LogP contribution in [0.4, 0.5) is 5.69 Å². The van der Waals surface area contributed by atoms with E-state index in [-0.39, 0.29) is 11.5 Å². The summed E-state index contributed by atoms with van der Waals surface area (Å²) in [5.74, 6) is 0.776. The first-order valence-corrected chi connectivity index (χ1v) is 13.4. The molecule has 1 heterocycles. The van der Waals surface area contributed by atoms with Crippen LogP contribution in [0.1, 0.15) is 21.5 Å². The number of aromatic nitrogens is 3. The number of thioether (sulfide) groups is 1. The van der Waals surface area contributed by atoms with Gasteiger partial charge < -0.3 is 0 Å². The Hall–Kier alpha value is -3.43. The highest BCUT2D eigenvalue weighted by atomic mass is 32.2. The molecule has 0 saturated carbocycles. The average Bonchev–Trinajstić information content (AvgIpc) is 3.23. The van der Waals surface area contributed by atoms with Gasteiger partial charge in [0.15, 0.2) is 16.8 Å². The van der Waals surface area contributed by atoms with Crippen molar-refractivity contribution in [1.29, 1.82) is 0 Å². The van der Waals surface area contributed by atoms with E-state index in [0.29, 0.717) is 22.2 Å². The van der Waals surface area contributed by atoms with E-state index in [9.17, 15) is 13.2 Å². The zero-order valence-corrected chi connectivity index (χ0v) is 20.7. The zero-order chi connectivity index (χ0) is 24.3. The Balaban J connectivity index is 1.60. The molecule has 34 heavy (non-hydrogen) atoms. The second-order valence-corrected chi connectivity index (χ2v) is 10.6. The molecule has 0 amide bonds. The summed E-state index contributed by atoms with van der Waals surface area (Å²) in [6, 6.07) is 22.4. The van der Waals surface area contributed by atoms with E-state index in [0.717, 1.165) is 23.1 Å². The zero-order valence-electron chi connectivity index (χ0n) is 19.0. The van der Waals surface area contributed by atoms with E-state index in [1.165, 1.54) is 17.3 Å². The lowest BCUT2D eigenvalue weighted by atomic mass is 10.1. The van der Waals surface area contributed by atoms with Gasteiger partial charge in [0.25, 0.3) is 0 Å². The number of hydrogen-bond donors (Lipinski definition) is 1. The number of benzene rings is 3. The molecule has 0 saturated heterocycles. The van der Waals surface area contributed by atoms with Gasteiger partial charge in [0.2, 0.25) is 10.0 Å². The van der Waals surface area contributed by atoms with Gasteiger partial charge in [-0.2, -0.15) is 0 Å². The van der Waals surface area contributed by atoms with E-state index in [4.69, 9.17) is 0 Å². The normalized spacial score (nSPS) is 11.4. The van der Waals surface area contributed by atoms with Gasteiger partial charge >= 0.3 is 0 Å². The molecule has 3 aromatic carbocycles. The van der Waals surface area contributed by atoms with Gasteiger partial charge in [-0.15, -0.1) is 10.2 Å². The summed E-state index contributed by atoms with van der Waals surface area (Å²) in [6.45, 7) is 4.12. The standard InChI is InChI=1S/C25H24N4O3S2/c1-17-9-14-22(15-18(17)2)29-24(20-7-5-4-6-8-20)26-27-25(29)33-16-23(30)19-10-12-21(13-11-19)28-34(3,31)32/h4-15,28H,16H2,1-3H3. The number of rotatable bonds is 8. The fourth-order valence-corrected chi connectivity index (χ4v) is 4.80. The molecule has 4 rings (SSSR count). The number of carbonyl (C=O) groups is 1. The van der Waals surface area contributed by atoms with Crippen molar-refractivity contribution in [2.24, 2.45) is 0 Å². The van der Waals surface area contributed by atoms with Crippen molar-refractivity contribution >= 4 is 33.3 Å². The molecule has 1 N–H and O–H groups in total. The molecule has 0 bridgehead atoms. The molecular weight excluding hydrogens is 468 g/mol. The summed E-state index contributed by atoms with van der Waals surface area (Å²) in [5.41, 5.74) is 5.11. The largest absolute Gasteiger partial charge is 0.293 e. The van der Waals surface area contributed by atoms with Crippen molar-refractivity contribution in [3.8, 4) is 17.1 Å². The van der Waals surface area contributed by atoms with Gasteiger partial charge in [0, 0.05) is 16.8 Å². The molecular formula is C25H24N4O3S2. The first kappa shape index (κ1) is 23.7. The second-order valence-electron chi connectivity index (χ2n) is 7.94. The third-order valence-electron chi connectivity index (χ3n) is 5.26. The van der Waals surface area contributed by atoms with Crippen LogP contribution in [0.3, 0.4) is 0 Å². The van der Waals surface area contributed by atoms with Crippen LogP contribution in [0.5, 0.6) is 0 Å². The molecule has 4 aromatic rings. The van der Waals surface area contributed by atoms with E-state index < -0.39 is 10.0 Å². The molecule has 0 spiro atoms. The molecule has 0 aliphatic rings. The Morgan fingerprint density at radius 2 is 1.65 bits per heavy atom. The Labute approximate surface area is 203 Å². The molecule has 0 aliphatic carbocycles. The molecule has 0 atom stereocenters. The fourth-order valence-electron chi connectivity index (χ4n) is 3.39. The minimum Gasteiger partial charge on any atom is -0.293 e. The maximum Gasteiger partial charge on any atom is 0.229 e. The van der Waals surface area contributed by atoms with E-state index >= 15 is 0 Å². The first-order chi connectivity index (χ1) is 16.2. The SMILES string of the molecule is Cc1ccc(-n2c(SCC(=O)c3ccc(NS(C)(=O)=O)cc3)nnc2-c2ccccc2)cc1C.